The van der Waals surface area contributed by atoms with E-state index >= 15 is 0 Å². The van der Waals surface area contributed by atoms with E-state index < -0.39 is 0 Å². The minimum atomic E-state index is 0.775. The summed E-state index contributed by atoms with van der Waals surface area (Å²) in [5.41, 5.74) is 0. The van der Waals surface area contributed by atoms with Crippen LogP contribution in [-0.4, -0.2) is 36.6 Å². The third-order valence-corrected chi connectivity index (χ3v) is 6.01. The fraction of sp³-hybridized carbons (Fsp3) is 1.00. The van der Waals surface area contributed by atoms with Crippen LogP contribution in [0.25, 0.3) is 0 Å². The van der Waals surface area contributed by atoms with Crippen LogP contribution in [0.4, 0.5) is 0 Å². The Kier molecular flexibility index (Phi) is 5.39. The first-order chi connectivity index (χ1) is 9.83. The Morgan fingerprint density at radius 2 is 1.65 bits per heavy atom. The SMILES string of the molecule is CCC1CC(NC2CCCCC2)CN(CC2CCC2)C1. The summed E-state index contributed by atoms with van der Waals surface area (Å²) in [6.07, 6.45) is 14.5. The maximum atomic E-state index is 4.02. The minimum absolute atomic E-state index is 0.775. The van der Waals surface area contributed by atoms with Crippen molar-refractivity contribution in [1.29, 1.82) is 0 Å². The summed E-state index contributed by atoms with van der Waals surface area (Å²) in [4.78, 5) is 2.79. The molecule has 2 aliphatic carbocycles. The first-order valence-corrected chi connectivity index (χ1v) is 9.32. The van der Waals surface area contributed by atoms with Gasteiger partial charge in [-0.25, -0.2) is 0 Å². The second-order valence-electron chi connectivity index (χ2n) is 7.72. The van der Waals surface area contributed by atoms with Crippen LogP contribution < -0.4 is 5.32 Å². The second kappa shape index (κ2) is 7.26. The van der Waals surface area contributed by atoms with Crippen molar-refractivity contribution in [3.05, 3.63) is 0 Å². The normalized spacial score (nSPS) is 34.0. The lowest BCUT2D eigenvalue weighted by molar-refractivity contribution is 0.0942. The Morgan fingerprint density at radius 1 is 0.850 bits per heavy atom. The van der Waals surface area contributed by atoms with Gasteiger partial charge in [0.2, 0.25) is 0 Å². The molecule has 3 rings (SSSR count). The molecule has 0 amide bonds. The molecule has 0 spiro atoms. The van der Waals surface area contributed by atoms with Crippen LogP contribution in [0.5, 0.6) is 0 Å². The molecule has 3 fully saturated rings. The summed E-state index contributed by atoms with van der Waals surface area (Å²) in [5, 5.41) is 4.02. The largest absolute Gasteiger partial charge is 0.310 e. The number of rotatable bonds is 5. The van der Waals surface area contributed by atoms with E-state index in [1.54, 1.807) is 0 Å². The molecule has 0 aromatic heterocycles. The quantitative estimate of drug-likeness (QED) is 0.822. The van der Waals surface area contributed by atoms with Gasteiger partial charge in [0.05, 0.1) is 0 Å². The predicted molar refractivity (Wildman–Crippen MR) is 86.0 cm³/mol. The van der Waals surface area contributed by atoms with Gasteiger partial charge in [0, 0.05) is 31.7 Å². The Hall–Kier alpha value is -0.0800. The summed E-state index contributed by atoms with van der Waals surface area (Å²) in [5.74, 6) is 1.96. The van der Waals surface area contributed by atoms with E-state index in [2.05, 4.69) is 17.1 Å². The van der Waals surface area contributed by atoms with E-state index in [0.717, 1.165) is 23.9 Å². The number of nitrogens with zero attached hydrogens (tertiary/aromatic N) is 1. The molecule has 3 aliphatic rings. The molecular formula is C18H34N2. The van der Waals surface area contributed by atoms with Gasteiger partial charge in [-0.2, -0.15) is 0 Å². The van der Waals surface area contributed by atoms with E-state index in [0.29, 0.717) is 0 Å². The molecule has 0 aromatic carbocycles. The molecule has 0 bridgehead atoms. The van der Waals surface area contributed by atoms with Crippen LogP contribution in [0.1, 0.15) is 71.1 Å². The molecule has 0 radical (unpaired) electrons. The van der Waals surface area contributed by atoms with Crippen molar-refractivity contribution in [3.63, 3.8) is 0 Å². The summed E-state index contributed by atoms with van der Waals surface area (Å²) in [6.45, 7) is 6.47. The number of likely N-dealkylation sites (tertiary alicyclic amines) is 1. The van der Waals surface area contributed by atoms with Gasteiger partial charge in [0.15, 0.2) is 0 Å². The fourth-order valence-electron chi connectivity index (χ4n) is 4.51. The van der Waals surface area contributed by atoms with E-state index in [9.17, 15) is 0 Å². The number of nitrogens with one attached hydrogen (secondary N) is 1. The standard InChI is InChI=1S/C18H34N2/c1-2-15-11-18(19-17-9-4-3-5-10-17)14-20(12-15)13-16-7-6-8-16/h15-19H,2-14H2,1H3. The predicted octanol–water partition coefficient (Wildman–Crippen LogP) is 3.81. The monoisotopic (exact) mass is 278 g/mol. The van der Waals surface area contributed by atoms with Crippen molar-refractivity contribution < 1.29 is 0 Å². The van der Waals surface area contributed by atoms with Crippen LogP contribution in [0.2, 0.25) is 0 Å². The highest BCUT2D eigenvalue weighted by Crippen LogP contribution is 2.30. The molecule has 1 heterocycles. The smallest absolute Gasteiger partial charge is 0.0200 e. The molecule has 2 unspecified atom stereocenters. The molecule has 1 saturated heterocycles. The number of hydrogen-bond donors (Lipinski definition) is 1. The fourth-order valence-corrected chi connectivity index (χ4v) is 4.51. The van der Waals surface area contributed by atoms with Gasteiger partial charge < -0.3 is 10.2 Å². The second-order valence-corrected chi connectivity index (χ2v) is 7.72. The van der Waals surface area contributed by atoms with Gasteiger partial charge in [-0.3, -0.25) is 0 Å². The van der Waals surface area contributed by atoms with Gasteiger partial charge in [-0.15, -0.1) is 0 Å². The van der Waals surface area contributed by atoms with Crippen molar-refractivity contribution in [3.8, 4) is 0 Å². The van der Waals surface area contributed by atoms with Gasteiger partial charge >= 0.3 is 0 Å². The van der Waals surface area contributed by atoms with E-state index in [1.807, 2.05) is 0 Å². The van der Waals surface area contributed by atoms with Crippen LogP contribution >= 0.6 is 0 Å². The van der Waals surface area contributed by atoms with Gasteiger partial charge in [-0.1, -0.05) is 39.0 Å². The van der Waals surface area contributed by atoms with Crippen molar-refractivity contribution in [2.45, 2.75) is 83.2 Å². The van der Waals surface area contributed by atoms with Crippen LogP contribution in [0.15, 0.2) is 0 Å². The Bertz CT molecular complexity index is 279. The lowest BCUT2D eigenvalue weighted by atomic mass is 9.83. The van der Waals surface area contributed by atoms with Crippen molar-refractivity contribution in [2.24, 2.45) is 11.8 Å². The Balaban J connectivity index is 1.49. The molecule has 2 nitrogen and oxygen atoms in total. The van der Waals surface area contributed by atoms with Crippen LogP contribution in [0, 0.1) is 11.8 Å². The summed E-state index contributed by atoms with van der Waals surface area (Å²) in [7, 11) is 0. The van der Waals surface area contributed by atoms with Crippen molar-refractivity contribution >= 4 is 0 Å². The zero-order chi connectivity index (χ0) is 13.8. The van der Waals surface area contributed by atoms with E-state index in [-0.39, 0.29) is 0 Å². The minimum Gasteiger partial charge on any atom is -0.310 e. The highest BCUT2D eigenvalue weighted by molar-refractivity contribution is 4.87. The summed E-state index contributed by atoms with van der Waals surface area (Å²) in [6, 6.07) is 1.60. The summed E-state index contributed by atoms with van der Waals surface area (Å²) >= 11 is 0. The third kappa shape index (κ3) is 3.98. The van der Waals surface area contributed by atoms with E-state index in [4.69, 9.17) is 0 Å². The van der Waals surface area contributed by atoms with E-state index in [1.165, 1.54) is 83.8 Å². The van der Waals surface area contributed by atoms with Crippen molar-refractivity contribution in [2.75, 3.05) is 19.6 Å². The Morgan fingerprint density at radius 3 is 2.30 bits per heavy atom. The lowest BCUT2D eigenvalue weighted by Crippen LogP contribution is -2.53. The first-order valence-electron chi connectivity index (χ1n) is 9.32. The molecule has 0 aromatic rings. The molecule has 2 saturated carbocycles. The maximum Gasteiger partial charge on any atom is 0.0200 e. The third-order valence-electron chi connectivity index (χ3n) is 6.01. The molecule has 116 valence electrons. The topological polar surface area (TPSA) is 15.3 Å². The first kappa shape index (κ1) is 14.8. The highest BCUT2D eigenvalue weighted by Gasteiger charge is 2.30. The molecule has 20 heavy (non-hydrogen) atoms. The zero-order valence-electron chi connectivity index (χ0n) is 13.4. The number of piperidine rings is 1. The van der Waals surface area contributed by atoms with Crippen LogP contribution in [0.3, 0.4) is 0 Å². The number of hydrogen-bond acceptors (Lipinski definition) is 2. The average molecular weight is 278 g/mol. The lowest BCUT2D eigenvalue weighted by Gasteiger charge is -2.42. The van der Waals surface area contributed by atoms with Crippen molar-refractivity contribution in [1.82, 2.24) is 10.2 Å². The Labute approximate surface area is 125 Å². The summed E-state index contributed by atoms with van der Waals surface area (Å²) < 4.78 is 0. The van der Waals surface area contributed by atoms with Gasteiger partial charge in [0.1, 0.15) is 0 Å². The van der Waals surface area contributed by atoms with Crippen LogP contribution in [-0.2, 0) is 0 Å². The molecule has 1 N–H and O–H groups in total. The highest BCUT2D eigenvalue weighted by atomic mass is 15.2. The average Bonchev–Trinajstić information content (AvgIpc) is 2.44. The zero-order valence-corrected chi connectivity index (χ0v) is 13.4. The molecular weight excluding hydrogens is 244 g/mol. The van der Waals surface area contributed by atoms with Gasteiger partial charge in [-0.05, 0) is 43.9 Å². The van der Waals surface area contributed by atoms with Gasteiger partial charge in [0.25, 0.3) is 0 Å². The molecule has 2 atom stereocenters. The molecule has 2 heteroatoms. The molecule has 1 aliphatic heterocycles. The maximum absolute atomic E-state index is 4.02.